The highest BCUT2D eigenvalue weighted by Gasteiger charge is 2.20. The van der Waals surface area contributed by atoms with Crippen LogP contribution in [-0.4, -0.2) is 19.5 Å². The summed E-state index contributed by atoms with van der Waals surface area (Å²) in [4.78, 5) is 15.8. The third kappa shape index (κ3) is 4.47. The maximum absolute atomic E-state index is 5.29. The van der Waals surface area contributed by atoms with Crippen LogP contribution in [0.1, 0.15) is 0 Å². The first-order valence-electron chi connectivity index (χ1n) is 16.9. The molecule has 0 aliphatic carbocycles. The summed E-state index contributed by atoms with van der Waals surface area (Å²) in [6.45, 7) is 0. The Labute approximate surface area is 300 Å². The van der Waals surface area contributed by atoms with E-state index in [9.17, 15) is 0 Å². The molecule has 0 saturated heterocycles. The second-order valence-corrected chi connectivity index (χ2v) is 15.0. The van der Waals surface area contributed by atoms with Gasteiger partial charge in [0.15, 0.2) is 17.5 Å². The Kier molecular flexibility index (Phi) is 6.26. The van der Waals surface area contributed by atoms with Crippen LogP contribution in [0.2, 0.25) is 0 Å². The van der Waals surface area contributed by atoms with Crippen LogP contribution in [0.25, 0.3) is 102 Å². The second kappa shape index (κ2) is 11.2. The van der Waals surface area contributed by atoms with Gasteiger partial charge in [-0.15, -0.1) is 22.7 Å². The Morgan fingerprint density at radius 2 is 0.941 bits per heavy atom. The average Bonchev–Trinajstić information content (AvgIpc) is 3.87. The molecule has 0 atom stereocenters. The maximum Gasteiger partial charge on any atom is 0.166 e. The van der Waals surface area contributed by atoms with E-state index in [1.165, 1.54) is 45.7 Å². The molecule has 0 unspecified atom stereocenters. The highest BCUT2D eigenvalue weighted by Crippen LogP contribution is 2.40. The smallest absolute Gasteiger partial charge is 0.166 e. The lowest BCUT2D eigenvalue weighted by atomic mass is 10.1. The predicted octanol–water partition coefficient (Wildman–Crippen LogP) is 12.7. The Morgan fingerprint density at radius 1 is 0.373 bits per heavy atom. The van der Waals surface area contributed by atoms with E-state index in [-0.39, 0.29) is 0 Å². The monoisotopic (exact) mass is 686 g/mol. The van der Waals surface area contributed by atoms with Crippen LogP contribution in [-0.2, 0) is 0 Å². The number of benzene rings is 7. The molecule has 4 aromatic heterocycles. The molecule has 0 fully saturated rings. The summed E-state index contributed by atoms with van der Waals surface area (Å²) < 4.78 is 7.37. The molecule has 0 aliphatic rings. The number of fused-ring (bicyclic) bond motifs is 9. The molecule has 0 spiro atoms. The molecule has 0 amide bonds. The minimum Gasteiger partial charge on any atom is -0.309 e. The third-order valence-electron chi connectivity index (χ3n) is 9.86. The van der Waals surface area contributed by atoms with Crippen molar-refractivity contribution < 1.29 is 0 Å². The van der Waals surface area contributed by atoms with Gasteiger partial charge in [0.25, 0.3) is 0 Å². The van der Waals surface area contributed by atoms with Gasteiger partial charge in [0, 0.05) is 73.5 Å². The van der Waals surface area contributed by atoms with Crippen molar-refractivity contribution >= 4 is 84.8 Å². The lowest BCUT2D eigenvalue weighted by molar-refractivity contribution is 1.07. The number of nitrogens with zero attached hydrogens (tertiary/aromatic N) is 4. The number of thiophene rings is 2. The zero-order valence-electron chi connectivity index (χ0n) is 27.1. The molecule has 0 saturated carbocycles. The summed E-state index contributed by atoms with van der Waals surface area (Å²) in [6.07, 6.45) is 0. The maximum atomic E-state index is 5.29. The van der Waals surface area contributed by atoms with Crippen molar-refractivity contribution in [3.8, 4) is 39.9 Å². The van der Waals surface area contributed by atoms with Crippen LogP contribution < -0.4 is 0 Å². The van der Waals surface area contributed by atoms with Crippen LogP contribution in [0.3, 0.4) is 0 Å². The zero-order valence-corrected chi connectivity index (χ0v) is 28.7. The van der Waals surface area contributed by atoms with E-state index >= 15 is 0 Å². The fraction of sp³-hybridized carbons (Fsp3) is 0. The standard InChI is InChI=1S/C45H26N4S2/c1-2-11-29(12-3-1)49-37-18-7-4-13-30(37)34-16-10-17-35(42(34)49)45-47-43(27-22-24-40-36(25-27)32-15-6-9-20-39(32)50-40)46-44(48-45)28-21-23-33-31-14-5-8-19-38(31)51-41(33)26-28/h1-26H. The van der Waals surface area contributed by atoms with Crippen molar-refractivity contribution in [2.45, 2.75) is 0 Å². The molecule has 0 bridgehead atoms. The van der Waals surface area contributed by atoms with E-state index in [0.29, 0.717) is 17.5 Å². The Morgan fingerprint density at radius 3 is 1.75 bits per heavy atom. The van der Waals surface area contributed by atoms with E-state index in [4.69, 9.17) is 15.0 Å². The van der Waals surface area contributed by atoms with Crippen molar-refractivity contribution in [2.75, 3.05) is 0 Å². The quantitative estimate of drug-likeness (QED) is 0.185. The minimum absolute atomic E-state index is 0.646. The van der Waals surface area contributed by atoms with Gasteiger partial charge in [-0.2, -0.15) is 0 Å². The number of hydrogen-bond acceptors (Lipinski definition) is 5. The fourth-order valence-corrected chi connectivity index (χ4v) is 9.76. The first kappa shape index (κ1) is 28.6. The van der Waals surface area contributed by atoms with Gasteiger partial charge in [0.05, 0.1) is 11.0 Å². The van der Waals surface area contributed by atoms with Crippen molar-refractivity contribution in [2.24, 2.45) is 0 Å². The molecule has 11 rings (SSSR count). The minimum atomic E-state index is 0.646. The van der Waals surface area contributed by atoms with Crippen LogP contribution in [0.4, 0.5) is 0 Å². The first-order valence-corrected chi connectivity index (χ1v) is 18.6. The summed E-state index contributed by atoms with van der Waals surface area (Å²) in [5, 5.41) is 7.35. The van der Waals surface area contributed by atoms with E-state index < -0.39 is 0 Å². The molecule has 0 radical (unpaired) electrons. The SMILES string of the molecule is c1ccc(-n2c3ccccc3c3cccc(-c4nc(-c5ccc6c(c5)sc5ccccc56)nc(-c5ccc6sc7ccccc7c6c5)n4)c32)cc1. The molecular weight excluding hydrogens is 661 g/mol. The van der Waals surface area contributed by atoms with Crippen LogP contribution in [0, 0.1) is 0 Å². The molecule has 6 heteroatoms. The van der Waals surface area contributed by atoms with Gasteiger partial charge in [0.1, 0.15) is 0 Å². The number of rotatable bonds is 4. The van der Waals surface area contributed by atoms with Gasteiger partial charge in [-0.05, 0) is 60.7 Å². The predicted molar refractivity (Wildman–Crippen MR) is 216 cm³/mol. The van der Waals surface area contributed by atoms with Crippen LogP contribution >= 0.6 is 22.7 Å². The second-order valence-electron chi connectivity index (χ2n) is 12.8. The lowest BCUT2D eigenvalue weighted by Crippen LogP contribution is -2.02. The van der Waals surface area contributed by atoms with E-state index in [1.807, 2.05) is 11.3 Å². The number of hydrogen-bond donors (Lipinski definition) is 0. The zero-order chi connectivity index (χ0) is 33.5. The van der Waals surface area contributed by atoms with Crippen molar-refractivity contribution in [1.29, 1.82) is 0 Å². The molecule has 0 N–H and O–H groups in total. The van der Waals surface area contributed by atoms with Crippen LogP contribution in [0.15, 0.2) is 158 Å². The van der Waals surface area contributed by atoms with Gasteiger partial charge in [-0.25, -0.2) is 15.0 Å². The van der Waals surface area contributed by atoms with E-state index in [1.54, 1.807) is 11.3 Å². The summed E-state index contributed by atoms with van der Waals surface area (Å²) in [5.74, 6) is 1.96. The molecule has 51 heavy (non-hydrogen) atoms. The Hall–Kier alpha value is -6.21. The molecule has 0 aliphatic heterocycles. The topological polar surface area (TPSA) is 43.6 Å². The van der Waals surface area contributed by atoms with Gasteiger partial charge in [0.2, 0.25) is 0 Å². The summed E-state index contributed by atoms with van der Waals surface area (Å²) in [5.41, 5.74) is 6.21. The average molecular weight is 687 g/mol. The lowest BCUT2D eigenvalue weighted by Gasteiger charge is -2.13. The molecule has 11 aromatic rings. The third-order valence-corrected chi connectivity index (χ3v) is 12.1. The molecular formula is C45H26N4S2. The molecule has 238 valence electrons. The summed E-state index contributed by atoms with van der Waals surface area (Å²) in [6, 6.07) is 56.0. The Balaban J connectivity index is 1.20. The van der Waals surface area contributed by atoms with Crippen molar-refractivity contribution in [1.82, 2.24) is 19.5 Å². The van der Waals surface area contributed by atoms with E-state index in [2.05, 4.69) is 162 Å². The molecule has 4 nitrogen and oxygen atoms in total. The highest BCUT2D eigenvalue weighted by molar-refractivity contribution is 7.26. The van der Waals surface area contributed by atoms with Gasteiger partial charge >= 0.3 is 0 Å². The number of para-hydroxylation sites is 3. The fourth-order valence-electron chi connectivity index (χ4n) is 7.53. The normalized spacial score (nSPS) is 11.9. The van der Waals surface area contributed by atoms with Gasteiger partial charge in [-0.3, -0.25) is 0 Å². The molecule has 4 heterocycles. The van der Waals surface area contributed by atoms with Crippen LogP contribution in [0.5, 0.6) is 0 Å². The number of aromatic nitrogens is 4. The first-order chi connectivity index (χ1) is 25.3. The largest absolute Gasteiger partial charge is 0.309 e. The summed E-state index contributed by atoms with van der Waals surface area (Å²) >= 11 is 3.62. The van der Waals surface area contributed by atoms with Crippen molar-refractivity contribution in [3.63, 3.8) is 0 Å². The van der Waals surface area contributed by atoms with Gasteiger partial charge in [-0.1, -0.05) is 97.1 Å². The van der Waals surface area contributed by atoms with Crippen molar-refractivity contribution in [3.05, 3.63) is 158 Å². The molecule has 7 aromatic carbocycles. The Bertz CT molecular complexity index is 3150. The summed E-state index contributed by atoms with van der Waals surface area (Å²) in [7, 11) is 0. The highest BCUT2D eigenvalue weighted by atomic mass is 32.1. The van der Waals surface area contributed by atoms with Gasteiger partial charge < -0.3 is 4.57 Å². The van der Waals surface area contributed by atoms with E-state index in [0.717, 1.165) is 38.8 Å².